The average molecular weight is 353 g/mol. The van der Waals surface area contributed by atoms with Crippen molar-refractivity contribution in [2.45, 2.75) is 11.8 Å². The zero-order chi connectivity index (χ0) is 17.0. The molecule has 0 bridgehead atoms. The minimum Gasteiger partial charge on any atom is -0.379 e. The molecular weight excluding hydrogens is 324 g/mol. The van der Waals surface area contributed by atoms with Gasteiger partial charge in [0.25, 0.3) is 0 Å². The fraction of sp³-hybridized carbons (Fsp3) is 0.588. The first kappa shape index (κ1) is 18.9. The van der Waals surface area contributed by atoms with Gasteiger partial charge >= 0.3 is 0 Å². The Labute approximate surface area is 147 Å². The Bertz CT molecular complexity index is 519. The van der Waals surface area contributed by atoms with Crippen molar-refractivity contribution in [1.82, 2.24) is 15.5 Å². The Morgan fingerprint density at radius 2 is 2.00 bits per heavy atom. The number of aliphatic imine (C=N–C) groups is 1. The van der Waals surface area contributed by atoms with Crippen LogP contribution >= 0.6 is 0 Å². The van der Waals surface area contributed by atoms with Crippen molar-refractivity contribution in [2.75, 3.05) is 58.2 Å². The predicted molar refractivity (Wildman–Crippen MR) is 99.0 cm³/mol. The lowest BCUT2D eigenvalue weighted by Gasteiger charge is -2.25. The van der Waals surface area contributed by atoms with Gasteiger partial charge in [-0.15, -0.1) is 0 Å². The summed E-state index contributed by atoms with van der Waals surface area (Å²) < 4.78 is 17.5. The van der Waals surface area contributed by atoms with Crippen molar-refractivity contribution < 1.29 is 8.95 Å². The van der Waals surface area contributed by atoms with E-state index < -0.39 is 10.8 Å². The van der Waals surface area contributed by atoms with E-state index in [-0.39, 0.29) is 0 Å². The van der Waals surface area contributed by atoms with Gasteiger partial charge < -0.3 is 15.4 Å². The van der Waals surface area contributed by atoms with Crippen molar-refractivity contribution in [1.29, 1.82) is 0 Å². The lowest BCUT2D eigenvalue weighted by molar-refractivity contribution is 0.0394. The maximum atomic E-state index is 12.2. The van der Waals surface area contributed by atoms with Gasteiger partial charge in [0.1, 0.15) is 0 Å². The Hall–Kier alpha value is -1.44. The molecule has 1 aromatic rings. The largest absolute Gasteiger partial charge is 0.379 e. The van der Waals surface area contributed by atoms with E-state index in [0.717, 1.165) is 56.8 Å². The summed E-state index contributed by atoms with van der Waals surface area (Å²) in [6, 6.07) is 9.56. The maximum absolute atomic E-state index is 12.2. The van der Waals surface area contributed by atoms with Gasteiger partial charge in [-0.1, -0.05) is 18.2 Å². The van der Waals surface area contributed by atoms with Gasteiger partial charge in [-0.05, 0) is 19.1 Å². The highest BCUT2D eigenvalue weighted by molar-refractivity contribution is 7.85. The quantitative estimate of drug-likeness (QED) is 0.532. The van der Waals surface area contributed by atoms with Gasteiger partial charge in [-0.25, -0.2) is 0 Å². The van der Waals surface area contributed by atoms with Crippen LogP contribution in [0.4, 0.5) is 0 Å². The molecule has 1 unspecified atom stereocenters. The molecule has 6 nitrogen and oxygen atoms in total. The number of hydrogen-bond acceptors (Lipinski definition) is 4. The first-order valence-electron chi connectivity index (χ1n) is 8.55. The molecule has 1 heterocycles. The highest BCUT2D eigenvalue weighted by Gasteiger charge is 2.09. The van der Waals surface area contributed by atoms with Crippen molar-refractivity contribution in [3.63, 3.8) is 0 Å². The summed E-state index contributed by atoms with van der Waals surface area (Å²) in [5.74, 6) is 1.36. The molecule has 2 N–H and O–H groups in total. The zero-order valence-electron chi connectivity index (χ0n) is 14.4. The van der Waals surface area contributed by atoms with Gasteiger partial charge in [0.2, 0.25) is 0 Å². The SMILES string of the molecule is CCNC(=NCCN1CCOCC1)NCCS(=O)c1ccccc1. The molecule has 24 heavy (non-hydrogen) atoms. The summed E-state index contributed by atoms with van der Waals surface area (Å²) in [7, 11) is -0.981. The van der Waals surface area contributed by atoms with Crippen molar-refractivity contribution in [3.05, 3.63) is 30.3 Å². The third-order valence-corrected chi connectivity index (χ3v) is 5.09. The lowest BCUT2D eigenvalue weighted by Crippen LogP contribution is -2.41. The number of rotatable bonds is 8. The van der Waals surface area contributed by atoms with Crippen molar-refractivity contribution in [2.24, 2.45) is 4.99 Å². The van der Waals surface area contributed by atoms with Gasteiger partial charge in [-0.2, -0.15) is 0 Å². The molecule has 1 aliphatic heterocycles. The highest BCUT2D eigenvalue weighted by atomic mass is 32.2. The minimum absolute atomic E-state index is 0.567. The van der Waals surface area contributed by atoms with E-state index in [1.807, 2.05) is 37.3 Å². The van der Waals surface area contributed by atoms with Gasteiger partial charge in [0.15, 0.2) is 5.96 Å². The molecule has 0 spiro atoms. The molecule has 1 fully saturated rings. The summed E-state index contributed by atoms with van der Waals surface area (Å²) in [6.07, 6.45) is 0. The monoisotopic (exact) mass is 352 g/mol. The lowest BCUT2D eigenvalue weighted by atomic mass is 10.4. The second-order valence-corrected chi connectivity index (χ2v) is 7.07. The molecule has 1 aliphatic rings. The predicted octanol–water partition coefficient (Wildman–Crippen LogP) is 0.682. The van der Waals surface area contributed by atoms with E-state index >= 15 is 0 Å². The summed E-state index contributed by atoms with van der Waals surface area (Å²) in [4.78, 5) is 7.82. The van der Waals surface area contributed by atoms with Crippen LogP contribution in [0.2, 0.25) is 0 Å². The number of ether oxygens (including phenoxy) is 1. The van der Waals surface area contributed by atoms with Gasteiger partial charge in [0.05, 0.1) is 30.6 Å². The Morgan fingerprint density at radius 1 is 1.25 bits per heavy atom. The Morgan fingerprint density at radius 3 is 2.71 bits per heavy atom. The third kappa shape index (κ3) is 6.98. The molecule has 0 aliphatic carbocycles. The van der Waals surface area contributed by atoms with Crippen LogP contribution in [0.3, 0.4) is 0 Å². The highest BCUT2D eigenvalue weighted by Crippen LogP contribution is 2.04. The normalized spacial score (nSPS) is 17.5. The number of hydrogen-bond donors (Lipinski definition) is 2. The molecule has 1 atom stereocenters. The zero-order valence-corrected chi connectivity index (χ0v) is 15.2. The van der Waals surface area contributed by atoms with Crippen LogP contribution < -0.4 is 10.6 Å². The van der Waals surface area contributed by atoms with E-state index in [0.29, 0.717) is 12.3 Å². The molecule has 1 saturated heterocycles. The van der Waals surface area contributed by atoms with Crippen LogP contribution in [0.15, 0.2) is 40.2 Å². The molecule has 0 aromatic heterocycles. The first-order valence-corrected chi connectivity index (χ1v) is 9.87. The summed E-state index contributed by atoms with van der Waals surface area (Å²) in [6.45, 7) is 8.76. The fourth-order valence-corrected chi connectivity index (χ4v) is 3.41. The molecule has 7 heteroatoms. The molecule has 0 saturated carbocycles. The number of nitrogens with zero attached hydrogens (tertiary/aromatic N) is 2. The minimum atomic E-state index is -0.981. The average Bonchev–Trinajstić information content (AvgIpc) is 2.63. The number of benzene rings is 1. The van der Waals surface area contributed by atoms with Crippen LogP contribution in [-0.4, -0.2) is 73.3 Å². The molecule has 2 rings (SSSR count). The number of guanidine groups is 1. The fourth-order valence-electron chi connectivity index (χ4n) is 2.42. The van der Waals surface area contributed by atoms with Crippen LogP contribution in [0, 0.1) is 0 Å². The summed E-state index contributed by atoms with van der Waals surface area (Å²) in [5.41, 5.74) is 0. The molecule has 1 aromatic carbocycles. The maximum Gasteiger partial charge on any atom is 0.191 e. The van der Waals surface area contributed by atoms with Crippen LogP contribution in [-0.2, 0) is 15.5 Å². The Balaban J connectivity index is 1.71. The van der Waals surface area contributed by atoms with E-state index in [2.05, 4.69) is 20.5 Å². The van der Waals surface area contributed by atoms with Crippen LogP contribution in [0.1, 0.15) is 6.92 Å². The van der Waals surface area contributed by atoms with Gasteiger partial charge in [-0.3, -0.25) is 14.1 Å². The third-order valence-electron chi connectivity index (χ3n) is 3.72. The van der Waals surface area contributed by atoms with E-state index in [1.54, 1.807) is 0 Å². The van der Waals surface area contributed by atoms with E-state index in [9.17, 15) is 4.21 Å². The number of nitrogens with one attached hydrogen (secondary N) is 2. The molecule has 0 amide bonds. The van der Waals surface area contributed by atoms with E-state index in [4.69, 9.17) is 4.74 Å². The van der Waals surface area contributed by atoms with Crippen LogP contribution in [0.25, 0.3) is 0 Å². The standard InChI is InChI=1S/C17H28N4O2S/c1-2-18-17(19-8-10-21-11-13-23-14-12-21)20-9-15-24(22)16-6-4-3-5-7-16/h3-7H,2,8-15H2,1H3,(H2,18,19,20). The first-order chi connectivity index (χ1) is 11.8. The molecule has 134 valence electrons. The Kier molecular flexibility index (Phi) is 8.80. The van der Waals surface area contributed by atoms with E-state index in [1.165, 1.54) is 0 Å². The van der Waals surface area contributed by atoms with Crippen molar-refractivity contribution >= 4 is 16.8 Å². The van der Waals surface area contributed by atoms with Crippen molar-refractivity contribution in [3.8, 4) is 0 Å². The summed E-state index contributed by atoms with van der Waals surface area (Å²) >= 11 is 0. The van der Waals surface area contributed by atoms with Gasteiger partial charge in [0, 0.05) is 43.4 Å². The molecule has 0 radical (unpaired) electrons. The second kappa shape index (κ2) is 11.2. The number of morpholine rings is 1. The second-order valence-electron chi connectivity index (χ2n) is 5.50. The molecular formula is C17H28N4O2S. The topological polar surface area (TPSA) is 66.0 Å². The van der Waals surface area contributed by atoms with Crippen LogP contribution in [0.5, 0.6) is 0 Å². The summed E-state index contributed by atoms with van der Waals surface area (Å²) in [5, 5.41) is 6.49. The smallest absolute Gasteiger partial charge is 0.191 e.